The Morgan fingerprint density at radius 1 is 1.32 bits per heavy atom. The topological polar surface area (TPSA) is 51.0 Å². The summed E-state index contributed by atoms with van der Waals surface area (Å²) in [6.07, 6.45) is 5.22. The number of hydrogen-bond acceptors (Lipinski definition) is 4. The molecule has 0 saturated carbocycles. The lowest BCUT2D eigenvalue weighted by Gasteiger charge is -2.14. The second kappa shape index (κ2) is 5.01. The number of halogens is 1. The minimum atomic E-state index is 0.0750. The van der Waals surface area contributed by atoms with E-state index in [4.69, 9.17) is 4.42 Å². The van der Waals surface area contributed by atoms with E-state index < -0.39 is 0 Å². The van der Waals surface area contributed by atoms with Gasteiger partial charge in [0.25, 0.3) is 0 Å². The third-order valence-corrected chi connectivity index (χ3v) is 3.32. The molecule has 0 saturated heterocycles. The predicted octanol–water partition coefficient (Wildman–Crippen LogP) is 4.16. The lowest BCUT2D eigenvalue weighted by Crippen LogP contribution is -2.06. The normalized spacial score (nSPS) is 12.5. The maximum atomic E-state index is 5.39. The van der Waals surface area contributed by atoms with Gasteiger partial charge in [-0.2, -0.15) is 0 Å². The number of furan rings is 1. The van der Waals surface area contributed by atoms with Crippen LogP contribution in [-0.2, 0) is 0 Å². The van der Waals surface area contributed by atoms with Crippen LogP contribution in [0.5, 0.6) is 0 Å². The molecule has 3 heterocycles. The number of rotatable bonds is 3. The second-order valence-electron chi connectivity index (χ2n) is 4.26. The van der Waals surface area contributed by atoms with Gasteiger partial charge in [0.05, 0.1) is 23.5 Å². The lowest BCUT2D eigenvalue weighted by molar-refractivity contribution is 0.491. The molecule has 0 amide bonds. The Kier molecular flexibility index (Phi) is 3.21. The van der Waals surface area contributed by atoms with Gasteiger partial charge in [-0.15, -0.1) is 0 Å². The van der Waals surface area contributed by atoms with Crippen molar-refractivity contribution in [2.45, 2.75) is 13.0 Å². The zero-order valence-corrected chi connectivity index (χ0v) is 11.9. The van der Waals surface area contributed by atoms with E-state index in [0.29, 0.717) is 0 Å². The molecule has 4 nitrogen and oxygen atoms in total. The van der Waals surface area contributed by atoms with Gasteiger partial charge in [-0.25, -0.2) is 0 Å². The smallest absolute Gasteiger partial charge is 0.125 e. The average Bonchev–Trinajstić information content (AvgIpc) is 2.92. The first-order valence-electron chi connectivity index (χ1n) is 5.94. The molecule has 0 bridgehead atoms. The number of nitrogens with zero attached hydrogens (tertiary/aromatic N) is 2. The first-order chi connectivity index (χ1) is 9.24. The molecular formula is C14H12BrN3O. The SMILES string of the molecule is CC(Nc1ccnc2cc(Br)cnc12)c1ccco1. The highest BCUT2D eigenvalue weighted by molar-refractivity contribution is 9.10. The molecule has 1 unspecified atom stereocenters. The van der Waals surface area contributed by atoms with Gasteiger partial charge in [-0.1, -0.05) is 0 Å². The van der Waals surface area contributed by atoms with Crippen LogP contribution in [0.25, 0.3) is 11.0 Å². The van der Waals surface area contributed by atoms with Gasteiger partial charge < -0.3 is 9.73 Å². The van der Waals surface area contributed by atoms with Crippen molar-refractivity contribution in [3.05, 3.63) is 53.2 Å². The molecule has 0 aliphatic heterocycles. The Morgan fingerprint density at radius 3 is 3.00 bits per heavy atom. The molecule has 19 heavy (non-hydrogen) atoms. The standard InChI is InChI=1S/C14H12BrN3O/c1-9(13-3-2-6-19-13)18-11-4-5-16-12-7-10(15)8-17-14(11)12/h2-9H,1H3,(H,16,18). The molecule has 1 N–H and O–H groups in total. The molecule has 96 valence electrons. The third kappa shape index (κ3) is 2.46. The van der Waals surface area contributed by atoms with Gasteiger partial charge in [0.2, 0.25) is 0 Å². The van der Waals surface area contributed by atoms with Crippen molar-refractivity contribution < 1.29 is 4.42 Å². The van der Waals surface area contributed by atoms with Crippen molar-refractivity contribution in [2.24, 2.45) is 0 Å². The lowest BCUT2D eigenvalue weighted by atomic mass is 10.2. The molecule has 0 aliphatic rings. The molecule has 1 atom stereocenters. The van der Waals surface area contributed by atoms with Crippen molar-refractivity contribution in [2.75, 3.05) is 5.32 Å². The van der Waals surface area contributed by atoms with Crippen molar-refractivity contribution in [1.29, 1.82) is 0 Å². The summed E-state index contributed by atoms with van der Waals surface area (Å²) >= 11 is 3.40. The summed E-state index contributed by atoms with van der Waals surface area (Å²) in [5, 5.41) is 3.40. The van der Waals surface area contributed by atoms with Crippen LogP contribution in [0.1, 0.15) is 18.7 Å². The number of anilines is 1. The number of nitrogens with one attached hydrogen (secondary N) is 1. The largest absolute Gasteiger partial charge is 0.467 e. The molecule has 0 spiro atoms. The minimum Gasteiger partial charge on any atom is -0.467 e. The summed E-state index contributed by atoms with van der Waals surface area (Å²) in [4.78, 5) is 8.73. The second-order valence-corrected chi connectivity index (χ2v) is 5.18. The first-order valence-corrected chi connectivity index (χ1v) is 6.73. The number of fused-ring (bicyclic) bond motifs is 1. The fourth-order valence-electron chi connectivity index (χ4n) is 1.96. The third-order valence-electron chi connectivity index (χ3n) is 2.89. The van der Waals surface area contributed by atoms with Gasteiger partial charge in [0.15, 0.2) is 0 Å². The minimum absolute atomic E-state index is 0.0750. The highest BCUT2D eigenvalue weighted by Gasteiger charge is 2.10. The molecule has 0 aliphatic carbocycles. The van der Waals surface area contributed by atoms with Crippen molar-refractivity contribution >= 4 is 32.7 Å². The Bertz CT molecular complexity index is 697. The van der Waals surface area contributed by atoms with Gasteiger partial charge in [0.1, 0.15) is 11.3 Å². The molecule has 3 aromatic heterocycles. The number of hydrogen-bond donors (Lipinski definition) is 1. The molecular weight excluding hydrogens is 306 g/mol. The monoisotopic (exact) mass is 317 g/mol. The summed E-state index contributed by atoms with van der Waals surface area (Å²) < 4.78 is 6.31. The summed E-state index contributed by atoms with van der Waals surface area (Å²) in [7, 11) is 0. The molecule has 3 aromatic rings. The highest BCUT2D eigenvalue weighted by Crippen LogP contribution is 2.25. The van der Waals surface area contributed by atoms with Gasteiger partial charge in [-0.3, -0.25) is 9.97 Å². The summed E-state index contributed by atoms with van der Waals surface area (Å²) in [6.45, 7) is 2.05. The van der Waals surface area contributed by atoms with Crippen LogP contribution in [0.4, 0.5) is 5.69 Å². The van der Waals surface area contributed by atoms with Crippen LogP contribution < -0.4 is 5.32 Å². The molecule has 0 aromatic carbocycles. The van der Waals surface area contributed by atoms with Crippen molar-refractivity contribution in [1.82, 2.24) is 9.97 Å². The van der Waals surface area contributed by atoms with Crippen LogP contribution in [-0.4, -0.2) is 9.97 Å². The van der Waals surface area contributed by atoms with Crippen molar-refractivity contribution in [3.63, 3.8) is 0 Å². The van der Waals surface area contributed by atoms with E-state index in [1.807, 2.05) is 31.2 Å². The maximum Gasteiger partial charge on any atom is 0.125 e. The van der Waals surface area contributed by atoms with E-state index in [0.717, 1.165) is 27.0 Å². The predicted molar refractivity (Wildman–Crippen MR) is 78.0 cm³/mol. The van der Waals surface area contributed by atoms with Gasteiger partial charge in [0, 0.05) is 16.9 Å². The molecule has 0 fully saturated rings. The number of pyridine rings is 2. The van der Waals surface area contributed by atoms with Crippen LogP contribution in [0.3, 0.4) is 0 Å². The van der Waals surface area contributed by atoms with Crippen LogP contribution in [0.2, 0.25) is 0 Å². The van der Waals surface area contributed by atoms with Crippen LogP contribution in [0, 0.1) is 0 Å². The van der Waals surface area contributed by atoms with Gasteiger partial charge in [-0.05, 0) is 47.1 Å². The quantitative estimate of drug-likeness (QED) is 0.788. The van der Waals surface area contributed by atoms with Crippen molar-refractivity contribution in [3.8, 4) is 0 Å². The molecule has 5 heteroatoms. The Labute approximate surface area is 119 Å². The number of aromatic nitrogens is 2. The van der Waals surface area contributed by atoms with E-state index >= 15 is 0 Å². The molecule has 0 radical (unpaired) electrons. The maximum absolute atomic E-state index is 5.39. The van der Waals surface area contributed by atoms with E-state index in [9.17, 15) is 0 Å². The average molecular weight is 318 g/mol. The van der Waals surface area contributed by atoms with Crippen LogP contribution in [0.15, 0.2) is 51.8 Å². The van der Waals surface area contributed by atoms with E-state index in [1.165, 1.54) is 0 Å². The zero-order valence-electron chi connectivity index (χ0n) is 10.3. The Hall–Kier alpha value is -1.88. The highest BCUT2D eigenvalue weighted by atomic mass is 79.9. The summed E-state index contributed by atoms with van der Waals surface area (Å²) in [6, 6.07) is 7.78. The molecule has 3 rings (SSSR count). The van der Waals surface area contributed by atoms with Gasteiger partial charge >= 0.3 is 0 Å². The summed E-state index contributed by atoms with van der Waals surface area (Å²) in [5.74, 6) is 0.891. The van der Waals surface area contributed by atoms with E-state index in [2.05, 4.69) is 31.2 Å². The Balaban J connectivity index is 1.97. The summed E-state index contributed by atoms with van der Waals surface area (Å²) in [5.41, 5.74) is 2.65. The fourth-order valence-corrected chi connectivity index (χ4v) is 2.28. The fraction of sp³-hybridized carbons (Fsp3) is 0.143. The Morgan fingerprint density at radius 2 is 2.21 bits per heavy atom. The van der Waals surface area contributed by atoms with Crippen LogP contribution >= 0.6 is 15.9 Å². The van der Waals surface area contributed by atoms with E-state index in [-0.39, 0.29) is 6.04 Å². The zero-order chi connectivity index (χ0) is 13.2. The first kappa shape index (κ1) is 12.2. The van der Waals surface area contributed by atoms with E-state index in [1.54, 1.807) is 18.7 Å².